The van der Waals surface area contributed by atoms with Gasteiger partial charge in [-0.25, -0.2) is 0 Å². The molecular formula is C18H26N2O3. The Hall–Kier alpha value is -1.75. The monoisotopic (exact) mass is 318 g/mol. The number of rotatable bonds is 6. The highest BCUT2D eigenvalue weighted by Crippen LogP contribution is 2.32. The number of hydrogen-bond acceptors (Lipinski definition) is 4. The second kappa shape index (κ2) is 7.68. The highest BCUT2D eigenvalue weighted by Gasteiger charge is 2.22. The molecule has 1 amide bonds. The molecule has 1 aliphatic carbocycles. The molecular weight excluding hydrogens is 292 g/mol. The highest BCUT2D eigenvalue weighted by molar-refractivity contribution is 5.82. The summed E-state index contributed by atoms with van der Waals surface area (Å²) in [5, 5.41) is 6.19. The molecule has 23 heavy (non-hydrogen) atoms. The van der Waals surface area contributed by atoms with E-state index in [1.165, 1.54) is 12.8 Å². The van der Waals surface area contributed by atoms with Crippen molar-refractivity contribution in [2.75, 3.05) is 13.7 Å². The molecule has 5 nitrogen and oxygen atoms in total. The molecule has 1 aromatic rings. The third-order valence-corrected chi connectivity index (χ3v) is 4.67. The third-order valence-electron chi connectivity index (χ3n) is 4.67. The van der Waals surface area contributed by atoms with E-state index in [9.17, 15) is 4.79 Å². The first-order valence-corrected chi connectivity index (χ1v) is 8.61. The summed E-state index contributed by atoms with van der Waals surface area (Å²) in [6.45, 7) is 1.44. The summed E-state index contributed by atoms with van der Waals surface area (Å²) in [5.41, 5.74) is 1.02. The van der Waals surface area contributed by atoms with Crippen molar-refractivity contribution in [2.24, 2.45) is 0 Å². The van der Waals surface area contributed by atoms with Gasteiger partial charge in [0.2, 0.25) is 5.91 Å². The van der Waals surface area contributed by atoms with Crippen molar-refractivity contribution in [1.82, 2.24) is 10.6 Å². The van der Waals surface area contributed by atoms with Gasteiger partial charge >= 0.3 is 0 Å². The number of ether oxygens (including phenoxy) is 2. The third kappa shape index (κ3) is 4.16. The summed E-state index contributed by atoms with van der Waals surface area (Å²) in [5.74, 6) is 1.61. The van der Waals surface area contributed by atoms with Crippen molar-refractivity contribution in [2.45, 2.75) is 57.2 Å². The van der Waals surface area contributed by atoms with Crippen LogP contribution >= 0.6 is 0 Å². The molecule has 126 valence electrons. The average molecular weight is 318 g/mol. The standard InChI is InChI=1S/C18H26N2O3/c1-22-17-11-13(12-20-18(21)15-7-4-10-19-15)8-9-16(17)23-14-5-2-3-6-14/h8-9,11,14-15,19H,2-7,10,12H2,1H3,(H,20,21). The number of carbonyl (C=O) groups excluding carboxylic acids is 1. The maximum absolute atomic E-state index is 12.0. The van der Waals surface area contributed by atoms with E-state index in [0.717, 1.165) is 49.3 Å². The lowest BCUT2D eigenvalue weighted by Gasteiger charge is -2.17. The summed E-state index contributed by atoms with van der Waals surface area (Å²) in [6.07, 6.45) is 7.02. The van der Waals surface area contributed by atoms with Crippen molar-refractivity contribution in [3.8, 4) is 11.5 Å². The Balaban J connectivity index is 1.58. The number of nitrogens with one attached hydrogen (secondary N) is 2. The largest absolute Gasteiger partial charge is 0.493 e. The van der Waals surface area contributed by atoms with E-state index < -0.39 is 0 Å². The van der Waals surface area contributed by atoms with Crippen LogP contribution in [-0.2, 0) is 11.3 Å². The van der Waals surface area contributed by atoms with Gasteiger partial charge in [-0.05, 0) is 62.8 Å². The first kappa shape index (κ1) is 16.1. The second-order valence-electron chi connectivity index (χ2n) is 6.38. The van der Waals surface area contributed by atoms with Gasteiger partial charge in [0, 0.05) is 6.54 Å². The quantitative estimate of drug-likeness (QED) is 0.845. The van der Waals surface area contributed by atoms with Crippen LogP contribution < -0.4 is 20.1 Å². The van der Waals surface area contributed by atoms with Crippen molar-refractivity contribution in [1.29, 1.82) is 0 Å². The lowest BCUT2D eigenvalue weighted by atomic mass is 10.1. The summed E-state index contributed by atoms with van der Waals surface area (Å²) in [6, 6.07) is 5.86. The summed E-state index contributed by atoms with van der Waals surface area (Å²) in [7, 11) is 1.65. The minimum atomic E-state index is -0.0399. The van der Waals surface area contributed by atoms with Gasteiger partial charge in [-0.3, -0.25) is 4.79 Å². The average Bonchev–Trinajstić information content (AvgIpc) is 3.27. The number of hydrogen-bond donors (Lipinski definition) is 2. The first-order valence-electron chi connectivity index (χ1n) is 8.61. The van der Waals surface area contributed by atoms with E-state index in [0.29, 0.717) is 12.6 Å². The van der Waals surface area contributed by atoms with Crippen molar-refractivity contribution in [3.05, 3.63) is 23.8 Å². The molecule has 1 atom stereocenters. The van der Waals surface area contributed by atoms with Crippen LogP contribution in [0.2, 0.25) is 0 Å². The molecule has 0 radical (unpaired) electrons. The van der Waals surface area contributed by atoms with E-state index in [4.69, 9.17) is 9.47 Å². The van der Waals surface area contributed by atoms with Crippen LogP contribution in [0.4, 0.5) is 0 Å². The zero-order valence-electron chi connectivity index (χ0n) is 13.8. The van der Waals surface area contributed by atoms with Gasteiger partial charge in [0.1, 0.15) is 0 Å². The Kier molecular flexibility index (Phi) is 5.39. The van der Waals surface area contributed by atoms with Crippen LogP contribution in [0.5, 0.6) is 11.5 Å². The van der Waals surface area contributed by atoms with Gasteiger partial charge < -0.3 is 20.1 Å². The van der Waals surface area contributed by atoms with Crippen LogP contribution in [0, 0.1) is 0 Å². The summed E-state index contributed by atoms with van der Waals surface area (Å²) >= 11 is 0. The van der Waals surface area contributed by atoms with Gasteiger partial charge in [-0.1, -0.05) is 6.07 Å². The van der Waals surface area contributed by atoms with Crippen molar-refractivity contribution in [3.63, 3.8) is 0 Å². The Morgan fingerprint density at radius 1 is 1.22 bits per heavy atom. The molecule has 2 aliphatic rings. The number of amides is 1. The Labute approximate surface area is 137 Å². The molecule has 1 heterocycles. The van der Waals surface area contributed by atoms with E-state index >= 15 is 0 Å². The molecule has 1 saturated carbocycles. The molecule has 5 heteroatoms. The molecule has 1 aromatic carbocycles. The molecule has 0 bridgehead atoms. The van der Waals surface area contributed by atoms with Crippen LogP contribution in [0.3, 0.4) is 0 Å². The first-order chi connectivity index (χ1) is 11.3. The zero-order chi connectivity index (χ0) is 16.1. The van der Waals surface area contributed by atoms with Gasteiger partial charge in [-0.2, -0.15) is 0 Å². The molecule has 0 spiro atoms. The van der Waals surface area contributed by atoms with E-state index in [-0.39, 0.29) is 11.9 Å². The fourth-order valence-electron chi connectivity index (χ4n) is 3.33. The summed E-state index contributed by atoms with van der Waals surface area (Å²) < 4.78 is 11.5. The smallest absolute Gasteiger partial charge is 0.237 e. The lowest BCUT2D eigenvalue weighted by Crippen LogP contribution is -2.39. The Morgan fingerprint density at radius 3 is 2.74 bits per heavy atom. The molecule has 1 saturated heterocycles. The molecule has 0 aromatic heterocycles. The highest BCUT2D eigenvalue weighted by atomic mass is 16.5. The summed E-state index contributed by atoms with van der Waals surface area (Å²) in [4.78, 5) is 12.0. The fourth-order valence-corrected chi connectivity index (χ4v) is 3.33. The fraction of sp³-hybridized carbons (Fsp3) is 0.611. The van der Waals surface area contributed by atoms with Gasteiger partial charge in [-0.15, -0.1) is 0 Å². The van der Waals surface area contributed by atoms with Gasteiger partial charge in [0.05, 0.1) is 19.3 Å². The van der Waals surface area contributed by atoms with Crippen molar-refractivity contribution < 1.29 is 14.3 Å². The number of methoxy groups -OCH3 is 1. The minimum absolute atomic E-state index is 0.0399. The van der Waals surface area contributed by atoms with Crippen molar-refractivity contribution >= 4 is 5.91 Å². The Morgan fingerprint density at radius 2 is 2.04 bits per heavy atom. The second-order valence-corrected chi connectivity index (χ2v) is 6.38. The lowest BCUT2D eigenvalue weighted by molar-refractivity contribution is -0.122. The predicted octanol–water partition coefficient (Wildman–Crippen LogP) is 2.38. The number of benzene rings is 1. The SMILES string of the molecule is COc1cc(CNC(=O)C2CCCN2)ccc1OC1CCCC1. The van der Waals surface area contributed by atoms with Crippen LogP contribution in [0.15, 0.2) is 18.2 Å². The predicted molar refractivity (Wildman–Crippen MR) is 88.7 cm³/mol. The topological polar surface area (TPSA) is 59.6 Å². The van der Waals surface area contributed by atoms with E-state index in [2.05, 4.69) is 10.6 Å². The number of carbonyl (C=O) groups is 1. The zero-order valence-corrected chi connectivity index (χ0v) is 13.8. The maximum Gasteiger partial charge on any atom is 0.237 e. The van der Waals surface area contributed by atoms with E-state index in [1.807, 2.05) is 18.2 Å². The minimum Gasteiger partial charge on any atom is -0.493 e. The molecule has 1 aliphatic heterocycles. The molecule has 3 rings (SSSR count). The van der Waals surface area contributed by atoms with Gasteiger partial charge in [0.25, 0.3) is 0 Å². The van der Waals surface area contributed by atoms with Gasteiger partial charge in [0.15, 0.2) is 11.5 Å². The van der Waals surface area contributed by atoms with Crippen LogP contribution in [-0.4, -0.2) is 31.7 Å². The maximum atomic E-state index is 12.0. The molecule has 2 N–H and O–H groups in total. The van der Waals surface area contributed by atoms with E-state index in [1.54, 1.807) is 7.11 Å². The Bertz CT molecular complexity index is 535. The normalized spacial score (nSPS) is 21.3. The van der Waals surface area contributed by atoms with Crippen LogP contribution in [0.25, 0.3) is 0 Å². The molecule has 1 unspecified atom stereocenters. The van der Waals surface area contributed by atoms with Crippen LogP contribution in [0.1, 0.15) is 44.1 Å². The molecule has 2 fully saturated rings.